The third-order valence-corrected chi connectivity index (χ3v) is 2.17. The van der Waals surface area contributed by atoms with Gasteiger partial charge in [0.05, 0.1) is 11.1 Å². The van der Waals surface area contributed by atoms with Crippen molar-refractivity contribution in [2.24, 2.45) is 16.0 Å². The standard InChI is InChI=1S/C9H11Cl2N3/c1-6(5-12)13-14-9-4-7(10)2-3-8(9)11/h2-4,6H,5,12H2,1H3. The average molecular weight is 232 g/mol. The predicted molar refractivity (Wildman–Crippen MR) is 59.5 cm³/mol. The monoisotopic (exact) mass is 231 g/mol. The fourth-order valence-corrected chi connectivity index (χ4v) is 1.09. The van der Waals surface area contributed by atoms with E-state index in [0.29, 0.717) is 22.3 Å². The molecule has 76 valence electrons. The van der Waals surface area contributed by atoms with Crippen LogP contribution in [0.4, 0.5) is 5.69 Å². The summed E-state index contributed by atoms with van der Waals surface area (Å²) in [4.78, 5) is 0. The van der Waals surface area contributed by atoms with E-state index in [9.17, 15) is 0 Å². The van der Waals surface area contributed by atoms with E-state index in [1.165, 1.54) is 0 Å². The number of hydrogen-bond donors (Lipinski definition) is 1. The molecule has 0 heterocycles. The van der Waals surface area contributed by atoms with E-state index in [2.05, 4.69) is 10.2 Å². The maximum absolute atomic E-state index is 5.88. The summed E-state index contributed by atoms with van der Waals surface area (Å²) >= 11 is 11.7. The zero-order chi connectivity index (χ0) is 10.6. The van der Waals surface area contributed by atoms with Crippen LogP contribution in [0.3, 0.4) is 0 Å². The minimum atomic E-state index is -0.00921. The van der Waals surface area contributed by atoms with Gasteiger partial charge >= 0.3 is 0 Å². The van der Waals surface area contributed by atoms with Crippen LogP contribution in [0.1, 0.15) is 6.92 Å². The molecular formula is C9H11Cl2N3. The minimum Gasteiger partial charge on any atom is -0.328 e. The van der Waals surface area contributed by atoms with Gasteiger partial charge in [-0.25, -0.2) is 0 Å². The summed E-state index contributed by atoms with van der Waals surface area (Å²) in [6.07, 6.45) is 0. The fourth-order valence-electron chi connectivity index (χ4n) is 0.770. The average Bonchev–Trinajstić information content (AvgIpc) is 2.19. The Balaban J connectivity index is 2.85. The van der Waals surface area contributed by atoms with Crippen LogP contribution in [0, 0.1) is 0 Å². The van der Waals surface area contributed by atoms with Gasteiger partial charge < -0.3 is 5.73 Å². The largest absolute Gasteiger partial charge is 0.328 e. The number of nitrogens with two attached hydrogens (primary N) is 1. The van der Waals surface area contributed by atoms with E-state index in [1.54, 1.807) is 18.2 Å². The first kappa shape index (κ1) is 11.4. The molecule has 1 aromatic rings. The SMILES string of the molecule is CC(CN)N=Nc1cc(Cl)ccc1Cl. The lowest BCUT2D eigenvalue weighted by Gasteiger charge is -2.00. The predicted octanol–water partition coefficient (Wildman–Crippen LogP) is 3.42. The molecule has 0 aromatic heterocycles. The zero-order valence-electron chi connectivity index (χ0n) is 7.74. The van der Waals surface area contributed by atoms with Gasteiger partial charge in [-0.15, -0.1) is 0 Å². The van der Waals surface area contributed by atoms with Crippen molar-refractivity contribution in [2.75, 3.05) is 6.54 Å². The van der Waals surface area contributed by atoms with Gasteiger partial charge in [0, 0.05) is 11.6 Å². The molecule has 0 bridgehead atoms. The second-order valence-electron chi connectivity index (χ2n) is 2.90. The second-order valence-corrected chi connectivity index (χ2v) is 3.74. The van der Waals surface area contributed by atoms with Gasteiger partial charge in [-0.1, -0.05) is 23.2 Å². The first-order chi connectivity index (χ1) is 6.63. The Kier molecular flexibility index (Phi) is 4.32. The first-order valence-electron chi connectivity index (χ1n) is 4.19. The van der Waals surface area contributed by atoms with Crippen molar-refractivity contribution in [3.05, 3.63) is 28.2 Å². The van der Waals surface area contributed by atoms with Crippen molar-refractivity contribution in [1.29, 1.82) is 0 Å². The number of benzene rings is 1. The number of azo groups is 1. The van der Waals surface area contributed by atoms with E-state index in [-0.39, 0.29) is 6.04 Å². The van der Waals surface area contributed by atoms with Gasteiger partial charge in [0.1, 0.15) is 5.69 Å². The van der Waals surface area contributed by atoms with Gasteiger partial charge in [0.2, 0.25) is 0 Å². The Hall–Kier alpha value is -0.640. The number of halogens is 2. The highest BCUT2D eigenvalue weighted by molar-refractivity contribution is 6.35. The Morgan fingerprint density at radius 1 is 1.43 bits per heavy atom. The van der Waals surface area contributed by atoms with Crippen LogP contribution >= 0.6 is 23.2 Å². The molecule has 2 N–H and O–H groups in total. The smallest absolute Gasteiger partial charge is 0.105 e. The fraction of sp³-hybridized carbons (Fsp3) is 0.333. The van der Waals surface area contributed by atoms with Crippen LogP contribution in [-0.4, -0.2) is 12.6 Å². The number of rotatable bonds is 3. The quantitative estimate of drug-likeness (QED) is 0.797. The maximum atomic E-state index is 5.88. The maximum Gasteiger partial charge on any atom is 0.105 e. The number of hydrogen-bond acceptors (Lipinski definition) is 3. The Bertz CT molecular complexity index is 339. The third-order valence-electron chi connectivity index (χ3n) is 1.61. The lowest BCUT2D eigenvalue weighted by atomic mass is 10.3. The molecule has 0 fully saturated rings. The summed E-state index contributed by atoms with van der Waals surface area (Å²) in [7, 11) is 0. The van der Waals surface area contributed by atoms with Crippen molar-refractivity contribution in [3.63, 3.8) is 0 Å². The molecule has 0 aliphatic rings. The van der Waals surface area contributed by atoms with Crippen LogP contribution in [0.2, 0.25) is 10.0 Å². The zero-order valence-corrected chi connectivity index (χ0v) is 9.26. The summed E-state index contributed by atoms with van der Waals surface area (Å²) in [6.45, 7) is 2.34. The van der Waals surface area contributed by atoms with E-state index < -0.39 is 0 Å². The summed E-state index contributed by atoms with van der Waals surface area (Å²) in [5, 5.41) is 9.05. The van der Waals surface area contributed by atoms with Crippen molar-refractivity contribution in [2.45, 2.75) is 13.0 Å². The summed E-state index contributed by atoms with van der Waals surface area (Å²) in [5.74, 6) is 0. The molecule has 1 rings (SSSR count). The molecule has 14 heavy (non-hydrogen) atoms. The molecule has 0 aliphatic heterocycles. The molecule has 5 heteroatoms. The third kappa shape index (κ3) is 3.25. The molecule has 1 unspecified atom stereocenters. The molecule has 0 radical (unpaired) electrons. The molecular weight excluding hydrogens is 221 g/mol. The highest BCUT2D eigenvalue weighted by Gasteiger charge is 2.00. The molecule has 0 amide bonds. The van der Waals surface area contributed by atoms with Gasteiger partial charge in [-0.2, -0.15) is 10.2 Å². The summed E-state index contributed by atoms with van der Waals surface area (Å²) in [6, 6.07) is 5.04. The molecule has 1 atom stereocenters. The normalized spacial score (nSPS) is 13.4. The minimum absolute atomic E-state index is 0.00921. The highest BCUT2D eigenvalue weighted by Crippen LogP contribution is 2.28. The Labute approximate surface area is 92.9 Å². The van der Waals surface area contributed by atoms with Gasteiger partial charge in [-0.3, -0.25) is 0 Å². The topological polar surface area (TPSA) is 50.7 Å². The van der Waals surface area contributed by atoms with Crippen LogP contribution in [-0.2, 0) is 0 Å². The van der Waals surface area contributed by atoms with E-state index in [1.807, 2.05) is 6.92 Å². The van der Waals surface area contributed by atoms with Crippen molar-refractivity contribution in [3.8, 4) is 0 Å². The highest BCUT2D eigenvalue weighted by atomic mass is 35.5. The summed E-state index contributed by atoms with van der Waals surface area (Å²) < 4.78 is 0. The van der Waals surface area contributed by atoms with Crippen LogP contribution in [0.5, 0.6) is 0 Å². The molecule has 0 saturated heterocycles. The van der Waals surface area contributed by atoms with Crippen molar-refractivity contribution < 1.29 is 0 Å². The van der Waals surface area contributed by atoms with Crippen LogP contribution in [0.15, 0.2) is 28.4 Å². The van der Waals surface area contributed by atoms with Gasteiger partial charge in [-0.05, 0) is 25.1 Å². The van der Waals surface area contributed by atoms with Gasteiger partial charge in [0.25, 0.3) is 0 Å². The van der Waals surface area contributed by atoms with E-state index >= 15 is 0 Å². The first-order valence-corrected chi connectivity index (χ1v) is 4.95. The Morgan fingerprint density at radius 3 is 2.79 bits per heavy atom. The van der Waals surface area contributed by atoms with Gasteiger partial charge in [0.15, 0.2) is 0 Å². The number of nitrogens with zero attached hydrogens (tertiary/aromatic N) is 2. The molecule has 0 saturated carbocycles. The lowest BCUT2D eigenvalue weighted by Crippen LogP contribution is -2.12. The second kappa shape index (κ2) is 5.29. The Morgan fingerprint density at radius 2 is 2.14 bits per heavy atom. The molecule has 0 spiro atoms. The molecule has 0 aliphatic carbocycles. The van der Waals surface area contributed by atoms with Crippen molar-refractivity contribution >= 4 is 28.9 Å². The van der Waals surface area contributed by atoms with Crippen LogP contribution < -0.4 is 5.73 Å². The summed E-state index contributed by atoms with van der Waals surface area (Å²) in [5.41, 5.74) is 5.96. The van der Waals surface area contributed by atoms with E-state index in [4.69, 9.17) is 28.9 Å². The molecule has 3 nitrogen and oxygen atoms in total. The van der Waals surface area contributed by atoms with E-state index in [0.717, 1.165) is 0 Å². The van der Waals surface area contributed by atoms with Crippen LogP contribution in [0.25, 0.3) is 0 Å². The molecule has 1 aromatic carbocycles. The van der Waals surface area contributed by atoms with Crippen molar-refractivity contribution in [1.82, 2.24) is 0 Å². The lowest BCUT2D eigenvalue weighted by molar-refractivity contribution is 0.714.